The summed E-state index contributed by atoms with van der Waals surface area (Å²) in [5.74, 6) is 1.47. The average molecular weight is 305 g/mol. The summed E-state index contributed by atoms with van der Waals surface area (Å²) in [5.41, 5.74) is 0.996. The summed E-state index contributed by atoms with van der Waals surface area (Å²) in [6.07, 6.45) is 1.66. The minimum atomic E-state index is -0.162. The molecular weight excluding hydrogens is 290 g/mol. The maximum Gasteiger partial charge on any atom is 0.323 e. The van der Waals surface area contributed by atoms with Gasteiger partial charge in [0.25, 0.3) is 0 Å². The molecule has 0 bridgehead atoms. The van der Waals surface area contributed by atoms with Gasteiger partial charge in [-0.2, -0.15) is 0 Å². The molecule has 1 aliphatic rings. The predicted octanol–water partition coefficient (Wildman–Crippen LogP) is 2.93. The molecule has 21 heavy (non-hydrogen) atoms. The molecule has 0 spiro atoms. The van der Waals surface area contributed by atoms with E-state index in [1.807, 2.05) is 30.5 Å². The molecular formula is C14H15N3O3S. The monoisotopic (exact) mass is 305 g/mol. The fourth-order valence-corrected chi connectivity index (χ4v) is 2.56. The molecule has 1 N–H and O–H groups in total. The van der Waals surface area contributed by atoms with Crippen LogP contribution < -0.4 is 14.8 Å². The van der Waals surface area contributed by atoms with Crippen LogP contribution in [0.15, 0.2) is 29.8 Å². The topological polar surface area (TPSA) is 63.7 Å². The summed E-state index contributed by atoms with van der Waals surface area (Å²) in [6, 6.07) is 5.55. The van der Waals surface area contributed by atoms with E-state index >= 15 is 0 Å². The number of benzene rings is 1. The van der Waals surface area contributed by atoms with Gasteiger partial charge in [-0.25, -0.2) is 9.78 Å². The van der Waals surface area contributed by atoms with Crippen molar-refractivity contribution in [3.05, 3.63) is 35.3 Å². The Hall–Kier alpha value is -2.28. The highest BCUT2D eigenvalue weighted by Crippen LogP contribution is 2.32. The van der Waals surface area contributed by atoms with E-state index in [1.54, 1.807) is 11.1 Å². The average Bonchev–Trinajstić information content (AvgIpc) is 3.14. The first kappa shape index (κ1) is 13.7. The SMILES string of the molecule is CCN(Cc1ccc2c(c1)OCO2)C(=O)Nc1nccs1. The molecule has 110 valence electrons. The molecule has 0 saturated carbocycles. The number of thiazole rings is 1. The van der Waals surface area contributed by atoms with Crippen molar-refractivity contribution in [2.24, 2.45) is 0 Å². The highest BCUT2D eigenvalue weighted by molar-refractivity contribution is 7.13. The van der Waals surface area contributed by atoms with Crippen LogP contribution in [0, 0.1) is 0 Å². The van der Waals surface area contributed by atoms with E-state index in [4.69, 9.17) is 9.47 Å². The van der Waals surface area contributed by atoms with Crippen LogP contribution in [0.4, 0.5) is 9.93 Å². The molecule has 6 nitrogen and oxygen atoms in total. The van der Waals surface area contributed by atoms with Crippen molar-refractivity contribution in [3.63, 3.8) is 0 Å². The van der Waals surface area contributed by atoms with Crippen LogP contribution in [0.2, 0.25) is 0 Å². The van der Waals surface area contributed by atoms with Crippen molar-refractivity contribution in [3.8, 4) is 11.5 Å². The van der Waals surface area contributed by atoms with Gasteiger partial charge in [0.05, 0.1) is 0 Å². The third-order valence-electron chi connectivity index (χ3n) is 3.13. The zero-order valence-corrected chi connectivity index (χ0v) is 12.4. The summed E-state index contributed by atoms with van der Waals surface area (Å²) in [7, 11) is 0. The molecule has 0 unspecified atom stereocenters. The molecule has 0 atom stereocenters. The third-order valence-corrected chi connectivity index (χ3v) is 3.81. The largest absolute Gasteiger partial charge is 0.454 e. The van der Waals surface area contributed by atoms with E-state index in [0.717, 1.165) is 17.1 Å². The van der Waals surface area contributed by atoms with Crippen molar-refractivity contribution in [2.45, 2.75) is 13.5 Å². The van der Waals surface area contributed by atoms with E-state index in [1.165, 1.54) is 11.3 Å². The second-order valence-corrected chi connectivity index (χ2v) is 5.36. The van der Waals surface area contributed by atoms with E-state index < -0.39 is 0 Å². The number of fused-ring (bicyclic) bond motifs is 1. The zero-order chi connectivity index (χ0) is 14.7. The summed E-state index contributed by atoms with van der Waals surface area (Å²) < 4.78 is 10.6. The van der Waals surface area contributed by atoms with Gasteiger partial charge in [-0.15, -0.1) is 11.3 Å². The number of hydrogen-bond acceptors (Lipinski definition) is 5. The molecule has 2 heterocycles. The molecule has 2 amide bonds. The molecule has 1 aliphatic heterocycles. The number of aromatic nitrogens is 1. The maximum atomic E-state index is 12.2. The summed E-state index contributed by atoms with van der Waals surface area (Å²) in [4.78, 5) is 18.0. The number of urea groups is 1. The zero-order valence-electron chi connectivity index (χ0n) is 11.5. The lowest BCUT2D eigenvalue weighted by molar-refractivity contribution is 0.174. The summed E-state index contributed by atoms with van der Waals surface area (Å²) in [6.45, 7) is 3.30. The van der Waals surface area contributed by atoms with E-state index in [2.05, 4.69) is 10.3 Å². The third kappa shape index (κ3) is 3.08. The fraction of sp³-hybridized carbons (Fsp3) is 0.286. The predicted molar refractivity (Wildman–Crippen MR) is 79.8 cm³/mol. The van der Waals surface area contributed by atoms with Crippen LogP contribution in [0.1, 0.15) is 12.5 Å². The first-order valence-electron chi connectivity index (χ1n) is 6.60. The quantitative estimate of drug-likeness (QED) is 0.943. The number of amides is 2. The molecule has 7 heteroatoms. The molecule has 2 aromatic rings. The van der Waals surface area contributed by atoms with Crippen LogP contribution in [0.3, 0.4) is 0 Å². The fourth-order valence-electron chi connectivity index (χ4n) is 2.04. The number of ether oxygens (including phenoxy) is 2. The molecule has 3 rings (SSSR count). The van der Waals surface area contributed by atoms with Gasteiger partial charge >= 0.3 is 6.03 Å². The van der Waals surface area contributed by atoms with E-state index in [9.17, 15) is 4.79 Å². The van der Waals surface area contributed by atoms with Crippen LogP contribution in [0.5, 0.6) is 11.5 Å². The van der Waals surface area contributed by atoms with Gasteiger partial charge in [-0.3, -0.25) is 5.32 Å². The molecule has 0 fully saturated rings. The number of nitrogens with one attached hydrogen (secondary N) is 1. The minimum Gasteiger partial charge on any atom is -0.454 e. The molecule has 0 saturated heterocycles. The van der Waals surface area contributed by atoms with Gasteiger partial charge in [0.15, 0.2) is 16.6 Å². The van der Waals surface area contributed by atoms with Crippen LogP contribution in [0.25, 0.3) is 0 Å². The Bertz CT molecular complexity index is 630. The van der Waals surface area contributed by atoms with Gasteiger partial charge in [0, 0.05) is 24.7 Å². The minimum absolute atomic E-state index is 0.162. The lowest BCUT2D eigenvalue weighted by Crippen LogP contribution is -2.34. The van der Waals surface area contributed by atoms with Crippen LogP contribution in [-0.4, -0.2) is 29.3 Å². The number of anilines is 1. The number of rotatable bonds is 4. The molecule has 0 radical (unpaired) electrons. The van der Waals surface area contributed by atoms with Crippen molar-refractivity contribution in [1.82, 2.24) is 9.88 Å². The first-order valence-corrected chi connectivity index (χ1v) is 7.48. The highest BCUT2D eigenvalue weighted by atomic mass is 32.1. The van der Waals surface area contributed by atoms with Gasteiger partial charge in [-0.1, -0.05) is 6.07 Å². The van der Waals surface area contributed by atoms with Gasteiger partial charge in [-0.05, 0) is 24.6 Å². The Morgan fingerprint density at radius 2 is 2.29 bits per heavy atom. The molecule has 1 aromatic carbocycles. The van der Waals surface area contributed by atoms with Crippen molar-refractivity contribution < 1.29 is 14.3 Å². The van der Waals surface area contributed by atoms with Gasteiger partial charge in [0.1, 0.15) is 0 Å². The number of nitrogens with zero attached hydrogens (tertiary/aromatic N) is 2. The Balaban J connectivity index is 1.67. The summed E-state index contributed by atoms with van der Waals surface area (Å²) >= 11 is 1.40. The van der Waals surface area contributed by atoms with Gasteiger partial charge in [0.2, 0.25) is 6.79 Å². The standard InChI is InChI=1S/C14H15N3O3S/c1-2-17(14(18)16-13-15-5-6-21-13)8-10-3-4-11-12(7-10)20-9-19-11/h3-7H,2,8-9H2,1H3,(H,15,16,18). The van der Waals surface area contributed by atoms with Crippen LogP contribution >= 0.6 is 11.3 Å². The summed E-state index contributed by atoms with van der Waals surface area (Å²) in [5, 5.41) is 5.21. The normalized spacial score (nSPS) is 12.2. The Kier molecular flexibility index (Phi) is 3.92. The van der Waals surface area contributed by atoms with Crippen molar-refractivity contribution in [2.75, 3.05) is 18.7 Å². The van der Waals surface area contributed by atoms with Gasteiger partial charge < -0.3 is 14.4 Å². The number of hydrogen-bond donors (Lipinski definition) is 1. The number of carbonyl (C=O) groups excluding carboxylic acids is 1. The van der Waals surface area contributed by atoms with Crippen LogP contribution in [-0.2, 0) is 6.54 Å². The second-order valence-electron chi connectivity index (χ2n) is 4.47. The Morgan fingerprint density at radius 3 is 3.05 bits per heavy atom. The van der Waals surface area contributed by atoms with E-state index in [-0.39, 0.29) is 12.8 Å². The van der Waals surface area contributed by atoms with E-state index in [0.29, 0.717) is 18.2 Å². The number of carbonyl (C=O) groups is 1. The Morgan fingerprint density at radius 1 is 1.43 bits per heavy atom. The smallest absolute Gasteiger partial charge is 0.323 e. The highest BCUT2D eigenvalue weighted by Gasteiger charge is 2.17. The lowest BCUT2D eigenvalue weighted by Gasteiger charge is -2.20. The van der Waals surface area contributed by atoms with Crippen molar-refractivity contribution in [1.29, 1.82) is 0 Å². The molecule has 0 aliphatic carbocycles. The second kappa shape index (κ2) is 6.01. The molecule has 1 aromatic heterocycles. The van der Waals surface area contributed by atoms with Crippen molar-refractivity contribution >= 4 is 22.5 Å². The first-order chi connectivity index (χ1) is 10.3. The Labute approximate surface area is 126 Å². The lowest BCUT2D eigenvalue weighted by atomic mass is 10.2. The maximum absolute atomic E-state index is 12.2.